The Balaban J connectivity index is 1.78. The molecular formula is C27H18FN3O5. The zero-order valence-corrected chi connectivity index (χ0v) is 18.9. The summed E-state index contributed by atoms with van der Waals surface area (Å²) in [6.45, 7) is -0.0505. The van der Waals surface area contributed by atoms with E-state index in [0.717, 1.165) is 5.39 Å². The van der Waals surface area contributed by atoms with Crippen molar-refractivity contribution in [3.8, 4) is 11.1 Å². The van der Waals surface area contributed by atoms with Crippen LogP contribution in [0, 0.1) is 5.82 Å². The van der Waals surface area contributed by atoms with E-state index in [1.165, 1.54) is 45.9 Å². The fourth-order valence-electron chi connectivity index (χ4n) is 4.95. The summed E-state index contributed by atoms with van der Waals surface area (Å²) in [7, 11) is 1.66. The highest BCUT2D eigenvalue weighted by atomic mass is 19.1. The van der Waals surface area contributed by atoms with Crippen molar-refractivity contribution in [3.63, 3.8) is 0 Å². The monoisotopic (exact) mass is 483 g/mol. The molecule has 2 N–H and O–H groups in total. The third-order valence-corrected chi connectivity index (χ3v) is 6.57. The van der Waals surface area contributed by atoms with E-state index >= 15 is 4.39 Å². The van der Waals surface area contributed by atoms with Crippen LogP contribution in [0.2, 0.25) is 0 Å². The van der Waals surface area contributed by atoms with Gasteiger partial charge < -0.3 is 23.6 Å². The van der Waals surface area contributed by atoms with Gasteiger partial charge in [0.2, 0.25) is 0 Å². The van der Waals surface area contributed by atoms with E-state index < -0.39 is 17.3 Å². The summed E-state index contributed by atoms with van der Waals surface area (Å²) in [6, 6.07) is 14.5. The molecule has 0 aliphatic rings. The summed E-state index contributed by atoms with van der Waals surface area (Å²) in [5.41, 5.74) is 0.848. The lowest BCUT2D eigenvalue weighted by molar-refractivity contribution is 0.0687. The second-order valence-corrected chi connectivity index (χ2v) is 8.53. The minimum atomic E-state index is -1.31. The van der Waals surface area contributed by atoms with Crippen LogP contribution in [0.15, 0.2) is 81.1 Å². The number of pyridine rings is 2. The molecule has 8 nitrogen and oxygen atoms in total. The van der Waals surface area contributed by atoms with Crippen molar-refractivity contribution in [1.29, 1.82) is 0 Å². The van der Waals surface area contributed by atoms with E-state index in [-0.39, 0.29) is 45.4 Å². The highest BCUT2D eigenvalue weighted by molar-refractivity contribution is 6.17. The SMILES string of the molecule is Cn1c(=O)cc(Cn2c(C(=O)O)c(-c3ccc[nH]c3=O)c3c4occc4c(F)cc32)c2ccccc21. The van der Waals surface area contributed by atoms with Crippen LogP contribution in [0.4, 0.5) is 4.39 Å². The van der Waals surface area contributed by atoms with Crippen molar-refractivity contribution in [2.75, 3.05) is 0 Å². The molecule has 6 rings (SSSR count). The zero-order valence-electron chi connectivity index (χ0n) is 18.9. The van der Waals surface area contributed by atoms with Gasteiger partial charge in [-0.3, -0.25) is 9.59 Å². The van der Waals surface area contributed by atoms with Crippen molar-refractivity contribution >= 4 is 38.7 Å². The molecule has 6 aromatic rings. The minimum absolute atomic E-state index is 0.0505. The fraction of sp³-hybridized carbons (Fsp3) is 0.0741. The third kappa shape index (κ3) is 3.02. The number of rotatable bonds is 4. The molecule has 0 radical (unpaired) electrons. The number of para-hydroxylation sites is 1. The topological polar surface area (TPSA) is 110 Å². The summed E-state index contributed by atoms with van der Waals surface area (Å²) in [4.78, 5) is 40.8. The van der Waals surface area contributed by atoms with Crippen molar-refractivity contribution in [2.45, 2.75) is 6.54 Å². The molecule has 9 heteroatoms. The van der Waals surface area contributed by atoms with Gasteiger partial charge in [0.05, 0.1) is 33.6 Å². The van der Waals surface area contributed by atoms with E-state index in [0.29, 0.717) is 16.5 Å². The van der Waals surface area contributed by atoms with Crippen LogP contribution in [0.25, 0.3) is 43.9 Å². The molecule has 0 fully saturated rings. The average molecular weight is 483 g/mol. The molecule has 0 aliphatic carbocycles. The van der Waals surface area contributed by atoms with E-state index in [2.05, 4.69) is 4.98 Å². The third-order valence-electron chi connectivity index (χ3n) is 6.57. The van der Waals surface area contributed by atoms with Gasteiger partial charge in [-0.15, -0.1) is 0 Å². The van der Waals surface area contributed by atoms with Crippen LogP contribution in [0.1, 0.15) is 16.1 Å². The predicted molar refractivity (Wildman–Crippen MR) is 133 cm³/mol. The number of benzene rings is 2. The summed E-state index contributed by atoms with van der Waals surface area (Å²) in [5.74, 6) is -1.90. The Morgan fingerprint density at radius 1 is 1.06 bits per heavy atom. The second kappa shape index (κ2) is 7.81. The summed E-state index contributed by atoms with van der Waals surface area (Å²) in [6.07, 6.45) is 2.76. The number of furan rings is 1. The second-order valence-electron chi connectivity index (χ2n) is 8.53. The van der Waals surface area contributed by atoms with Gasteiger partial charge in [0.1, 0.15) is 17.1 Å². The summed E-state index contributed by atoms with van der Waals surface area (Å²) in [5, 5.41) is 11.6. The molecule has 0 saturated heterocycles. The number of hydrogen-bond acceptors (Lipinski definition) is 4. The summed E-state index contributed by atoms with van der Waals surface area (Å²) < 4.78 is 23.7. The Morgan fingerprint density at radius 2 is 1.86 bits per heavy atom. The first-order chi connectivity index (χ1) is 17.4. The molecule has 0 atom stereocenters. The largest absolute Gasteiger partial charge is 0.477 e. The highest BCUT2D eigenvalue weighted by Gasteiger charge is 2.29. The van der Waals surface area contributed by atoms with Gasteiger partial charge in [-0.05, 0) is 35.9 Å². The number of aromatic nitrogens is 3. The van der Waals surface area contributed by atoms with Gasteiger partial charge in [0, 0.05) is 36.8 Å². The van der Waals surface area contributed by atoms with Crippen molar-refractivity contribution in [1.82, 2.24) is 14.1 Å². The van der Waals surface area contributed by atoms with Gasteiger partial charge in [0.15, 0.2) is 0 Å². The predicted octanol–water partition coefficient (Wildman–Crippen LogP) is 4.48. The molecule has 36 heavy (non-hydrogen) atoms. The Hall–Kier alpha value is -4.92. The standard InChI is InChI=1S/C27H18FN3O5/c1-30-19-7-3-2-5-15(19)14(11-21(30)32)13-31-20-12-18(28)16-8-10-36-25(16)23(20)22(24(31)27(34)35)17-6-4-9-29-26(17)33/h2-12H,13H2,1H3,(H,29,33)(H,34,35). The van der Waals surface area contributed by atoms with Crippen LogP contribution in [0.3, 0.4) is 0 Å². The maximum atomic E-state index is 15.1. The lowest BCUT2D eigenvalue weighted by atomic mass is 10.0. The van der Waals surface area contributed by atoms with E-state index in [1.807, 2.05) is 18.2 Å². The Bertz CT molecular complexity index is 1980. The lowest BCUT2D eigenvalue weighted by Gasteiger charge is -2.13. The number of halogens is 1. The van der Waals surface area contributed by atoms with Crippen molar-refractivity contribution < 1.29 is 18.7 Å². The molecule has 0 aliphatic heterocycles. The quantitative estimate of drug-likeness (QED) is 0.384. The Kier molecular flexibility index (Phi) is 4.68. The molecular weight excluding hydrogens is 465 g/mol. The number of carbonyl (C=O) groups is 1. The number of hydrogen-bond donors (Lipinski definition) is 2. The van der Waals surface area contributed by atoms with Gasteiger partial charge in [-0.1, -0.05) is 18.2 Å². The maximum absolute atomic E-state index is 15.1. The van der Waals surface area contributed by atoms with Crippen LogP contribution in [0.5, 0.6) is 0 Å². The number of aromatic carboxylic acids is 1. The normalized spacial score (nSPS) is 11.6. The lowest BCUT2D eigenvalue weighted by Crippen LogP contribution is -2.19. The molecule has 178 valence electrons. The fourth-order valence-corrected chi connectivity index (χ4v) is 4.95. The molecule has 0 saturated carbocycles. The van der Waals surface area contributed by atoms with Crippen LogP contribution >= 0.6 is 0 Å². The number of carboxylic acid groups (broad SMARTS) is 1. The minimum Gasteiger partial charge on any atom is -0.477 e. The number of nitrogens with one attached hydrogen (secondary N) is 1. The molecule has 0 spiro atoms. The van der Waals surface area contributed by atoms with Crippen LogP contribution < -0.4 is 11.1 Å². The maximum Gasteiger partial charge on any atom is 0.353 e. The first kappa shape index (κ1) is 21.6. The highest BCUT2D eigenvalue weighted by Crippen LogP contribution is 2.40. The van der Waals surface area contributed by atoms with Crippen molar-refractivity contribution in [2.24, 2.45) is 7.05 Å². The van der Waals surface area contributed by atoms with Crippen LogP contribution in [-0.2, 0) is 13.6 Å². The first-order valence-electron chi connectivity index (χ1n) is 11.1. The van der Waals surface area contributed by atoms with E-state index in [1.54, 1.807) is 19.2 Å². The molecule has 4 heterocycles. The average Bonchev–Trinajstić information content (AvgIpc) is 3.47. The Labute approximate surface area is 201 Å². The first-order valence-corrected chi connectivity index (χ1v) is 11.1. The molecule has 0 bridgehead atoms. The number of nitrogens with zero attached hydrogens (tertiary/aromatic N) is 2. The molecule has 2 aromatic carbocycles. The number of aryl methyl sites for hydroxylation is 1. The van der Waals surface area contributed by atoms with Gasteiger partial charge >= 0.3 is 5.97 Å². The van der Waals surface area contributed by atoms with Gasteiger partial charge in [-0.2, -0.15) is 0 Å². The number of carboxylic acids is 1. The number of aromatic amines is 1. The molecule has 0 unspecified atom stereocenters. The van der Waals surface area contributed by atoms with Crippen molar-refractivity contribution in [3.05, 3.63) is 105 Å². The van der Waals surface area contributed by atoms with Crippen LogP contribution in [-0.4, -0.2) is 25.2 Å². The smallest absolute Gasteiger partial charge is 0.353 e. The summed E-state index contributed by atoms with van der Waals surface area (Å²) >= 11 is 0. The molecule has 0 amide bonds. The number of fused-ring (bicyclic) bond motifs is 4. The molecule has 4 aromatic heterocycles. The Morgan fingerprint density at radius 3 is 2.64 bits per heavy atom. The number of H-pyrrole nitrogens is 1. The van der Waals surface area contributed by atoms with E-state index in [4.69, 9.17) is 4.42 Å². The van der Waals surface area contributed by atoms with Gasteiger partial charge in [0.25, 0.3) is 11.1 Å². The van der Waals surface area contributed by atoms with E-state index in [9.17, 15) is 19.5 Å². The zero-order chi connectivity index (χ0) is 25.1. The van der Waals surface area contributed by atoms with Gasteiger partial charge in [-0.25, -0.2) is 9.18 Å².